The topological polar surface area (TPSA) is 150 Å². The Morgan fingerprint density at radius 1 is 1.27 bits per heavy atom. The average molecular weight is 430 g/mol. The molecule has 0 unspecified atom stereocenters. The minimum atomic E-state index is -4.63. The molecule has 10 nitrogen and oxygen atoms in total. The molecule has 0 amide bonds. The summed E-state index contributed by atoms with van der Waals surface area (Å²) < 4.78 is 49.1. The molecule has 0 aliphatic rings. The van der Waals surface area contributed by atoms with Gasteiger partial charge in [-0.3, -0.25) is 0 Å². The number of aliphatic carboxylic acids is 2. The second-order valence-electron chi connectivity index (χ2n) is 5.88. The fourth-order valence-corrected chi connectivity index (χ4v) is 1.93. The number of ether oxygens (including phenoxy) is 1. The average Bonchev–Trinajstić information content (AvgIpc) is 3.19. The van der Waals surface area contributed by atoms with Crippen molar-refractivity contribution in [2.45, 2.75) is 18.7 Å². The summed E-state index contributed by atoms with van der Waals surface area (Å²) in [7, 11) is 3.70. The van der Waals surface area contributed by atoms with E-state index in [1.54, 1.807) is 12.1 Å². The first-order valence-electron chi connectivity index (χ1n) is 8.12. The number of pyridine rings is 1. The van der Waals surface area contributed by atoms with Gasteiger partial charge in [-0.05, 0) is 26.2 Å². The third-order valence-electron chi connectivity index (χ3n) is 3.32. The smallest absolute Gasteiger partial charge is 0.433 e. The SMILES string of the molecule is CN(C)CC[C@@H](Oc1nc(C(F)(F)F)ccc1C#N)c1ccno1.O=C(O)C(=O)O. The van der Waals surface area contributed by atoms with Crippen LogP contribution < -0.4 is 4.74 Å². The summed E-state index contributed by atoms with van der Waals surface area (Å²) in [6, 6.07) is 5.11. The van der Waals surface area contributed by atoms with Crippen LogP contribution in [0.1, 0.15) is 29.5 Å². The molecule has 1 atom stereocenters. The molecule has 30 heavy (non-hydrogen) atoms. The zero-order chi connectivity index (χ0) is 22.9. The molecule has 2 rings (SSSR count). The van der Waals surface area contributed by atoms with Crippen molar-refractivity contribution in [3.8, 4) is 11.9 Å². The first-order chi connectivity index (χ1) is 14.0. The summed E-state index contributed by atoms with van der Waals surface area (Å²) in [4.78, 5) is 23.5. The van der Waals surface area contributed by atoms with Gasteiger partial charge in [0.25, 0.3) is 0 Å². The molecule has 0 fully saturated rings. The number of nitrogens with zero attached hydrogens (tertiary/aromatic N) is 4. The van der Waals surface area contributed by atoms with Gasteiger partial charge in [0.2, 0.25) is 5.88 Å². The van der Waals surface area contributed by atoms with E-state index in [-0.39, 0.29) is 11.4 Å². The van der Waals surface area contributed by atoms with Crippen LogP contribution in [0.15, 0.2) is 28.9 Å². The predicted octanol–water partition coefficient (Wildman–Crippen LogP) is 2.19. The molecule has 0 bridgehead atoms. The van der Waals surface area contributed by atoms with Crippen molar-refractivity contribution in [2.24, 2.45) is 0 Å². The van der Waals surface area contributed by atoms with E-state index in [0.29, 0.717) is 18.7 Å². The quantitative estimate of drug-likeness (QED) is 0.653. The van der Waals surface area contributed by atoms with Gasteiger partial charge in [-0.15, -0.1) is 0 Å². The third kappa shape index (κ3) is 7.76. The molecule has 2 heterocycles. The first-order valence-corrected chi connectivity index (χ1v) is 8.12. The van der Waals surface area contributed by atoms with Gasteiger partial charge >= 0.3 is 18.1 Å². The summed E-state index contributed by atoms with van der Waals surface area (Å²) in [5.41, 5.74) is -1.21. The van der Waals surface area contributed by atoms with Crippen molar-refractivity contribution in [3.05, 3.63) is 41.4 Å². The monoisotopic (exact) mass is 430 g/mol. The highest BCUT2D eigenvalue weighted by Gasteiger charge is 2.34. The van der Waals surface area contributed by atoms with Crippen molar-refractivity contribution in [1.82, 2.24) is 15.0 Å². The largest absolute Gasteiger partial charge is 0.473 e. The van der Waals surface area contributed by atoms with Crippen LogP contribution >= 0.6 is 0 Å². The lowest BCUT2D eigenvalue weighted by molar-refractivity contribution is -0.159. The molecule has 0 saturated heterocycles. The lowest BCUT2D eigenvalue weighted by Gasteiger charge is -2.19. The van der Waals surface area contributed by atoms with Gasteiger partial charge < -0.3 is 24.4 Å². The van der Waals surface area contributed by atoms with E-state index in [2.05, 4.69) is 10.1 Å². The first kappa shape index (κ1) is 24.4. The zero-order valence-corrected chi connectivity index (χ0v) is 15.8. The highest BCUT2D eigenvalue weighted by atomic mass is 19.4. The normalized spacial score (nSPS) is 11.8. The second-order valence-corrected chi connectivity index (χ2v) is 5.88. The number of nitriles is 1. The van der Waals surface area contributed by atoms with E-state index in [0.717, 1.165) is 12.1 Å². The van der Waals surface area contributed by atoms with Gasteiger partial charge in [0.05, 0.1) is 6.20 Å². The molecule has 2 aromatic heterocycles. The lowest BCUT2D eigenvalue weighted by atomic mass is 10.2. The Morgan fingerprint density at radius 2 is 1.90 bits per heavy atom. The van der Waals surface area contributed by atoms with Gasteiger partial charge in [0.1, 0.15) is 17.3 Å². The molecule has 0 radical (unpaired) electrons. The van der Waals surface area contributed by atoms with Crippen LogP contribution in [-0.4, -0.2) is 57.8 Å². The number of carbonyl (C=O) groups is 2. The summed E-state index contributed by atoms with van der Waals surface area (Å²) in [6.07, 6.45) is -3.51. The van der Waals surface area contributed by atoms with E-state index in [4.69, 9.17) is 34.3 Å². The van der Waals surface area contributed by atoms with E-state index in [9.17, 15) is 13.2 Å². The number of halogens is 3. The van der Waals surface area contributed by atoms with E-state index < -0.39 is 29.9 Å². The number of rotatable bonds is 6. The Hall–Kier alpha value is -3.66. The van der Waals surface area contributed by atoms with Gasteiger partial charge in [-0.25, -0.2) is 14.6 Å². The highest BCUT2D eigenvalue weighted by molar-refractivity contribution is 6.27. The van der Waals surface area contributed by atoms with Crippen molar-refractivity contribution in [1.29, 1.82) is 5.26 Å². The summed E-state index contributed by atoms with van der Waals surface area (Å²) in [5.74, 6) is -3.68. The van der Waals surface area contributed by atoms with Crippen LogP contribution in [0.4, 0.5) is 13.2 Å². The number of alkyl halides is 3. The van der Waals surface area contributed by atoms with Crippen LogP contribution in [-0.2, 0) is 15.8 Å². The molecule has 0 aromatic carbocycles. The fourth-order valence-electron chi connectivity index (χ4n) is 1.93. The molecule has 2 N–H and O–H groups in total. The molecule has 0 spiro atoms. The van der Waals surface area contributed by atoms with Gasteiger partial charge in [-0.1, -0.05) is 5.16 Å². The summed E-state index contributed by atoms with van der Waals surface area (Å²) in [6.45, 7) is 0.589. The second kappa shape index (κ2) is 10.8. The van der Waals surface area contributed by atoms with Crippen LogP contribution in [0.25, 0.3) is 0 Å². The standard InChI is InChI=1S/C15H15F3N4O2.C2H2O4/c1-22(2)8-6-11(12-5-7-20-24-12)23-14-10(9-19)3-4-13(21-14)15(16,17)18;3-1(4)2(5)6/h3-5,7,11H,6,8H2,1-2H3;(H,3,4)(H,5,6)/t11-;/m1./s1. The van der Waals surface area contributed by atoms with Gasteiger partial charge in [0, 0.05) is 19.0 Å². The Bertz CT molecular complexity index is 882. The number of carboxylic acid groups (broad SMARTS) is 2. The van der Waals surface area contributed by atoms with Crippen molar-refractivity contribution in [2.75, 3.05) is 20.6 Å². The van der Waals surface area contributed by atoms with Crippen molar-refractivity contribution < 1.29 is 42.2 Å². The Morgan fingerprint density at radius 3 is 2.33 bits per heavy atom. The summed E-state index contributed by atoms with van der Waals surface area (Å²) >= 11 is 0. The highest BCUT2D eigenvalue weighted by Crippen LogP contribution is 2.32. The molecule has 0 aliphatic carbocycles. The molecular formula is C17H17F3N4O6. The fraction of sp³-hybridized carbons (Fsp3) is 0.353. The van der Waals surface area contributed by atoms with Gasteiger partial charge in [0.15, 0.2) is 11.9 Å². The summed E-state index contributed by atoms with van der Waals surface area (Å²) in [5, 5.41) is 27.4. The van der Waals surface area contributed by atoms with Gasteiger partial charge in [-0.2, -0.15) is 18.4 Å². The number of carboxylic acids is 2. The molecule has 162 valence electrons. The number of hydrogen-bond acceptors (Lipinski definition) is 8. The maximum absolute atomic E-state index is 12.8. The predicted molar refractivity (Wildman–Crippen MR) is 92.3 cm³/mol. The van der Waals surface area contributed by atoms with E-state index >= 15 is 0 Å². The molecule has 13 heteroatoms. The Balaban J connectivity index is 0.000000656. The molecule has 0 saturated carbocycles. The zero-order valence-electron chi connectivity index (χ0n) is 15.8. The lowest BCUT2D eigenvalue weighted by Crippen LogP contribution is -2.19. The van der Waals surface area contributed by atoms with E-state index in [1.165, 1.54) is 6.20 Å². The maximum Gasteiger partial charge on any atom is 0.433 e. The minimum absolute atomic E-state index is 0.0858. The Labute approximate surface area is 168 Å². The number of aromatic nitrogens is 2. The van der Waals surface area contributed by atoms with E-state index in [1.807, 2.05) is 19.0 Å². The van der Waals surface area contributed by atoms with Crippen LogP contribution in [0.2, 0.25) is 0 Å². The van der Waals surface area contributed by atoms with Crippen LogP contribution in [0.3, 0.4) is 0 Å². The molecular weight excluding hydrogens is 413 g/mol. The van der Waals surface area contributed by atoms with Crippen molar-refractivity contribution in [3.63, 3.8) is 0 Å². The third-order valence-corrected chi connectivity index (χ3v) is 3.32. The minimum Gasteiger partial charge on any atom is -0.473 e. The van der Waals surface area contributed by atoms with Crippen LogP contribution in [0.5, 0.6) is 5.88 Å². The molecule has 0 aliphatic heterocycles. The van der Waals surface area contributed by atoms with Crippen LogP contribution in [0, 0.1) is 11.3 Å². The maximum atomic E-state index is 12.8. The van der Waals surface area contributed by atoms with Crippen molar-refractivity contribution >= 4 is 11.9 Å². The molecule has 2 aromatic rings. The number of hydrogen-bond donors (Lipinski definition) is 2. The Kier molecular flexibility index (Phi) is 8.75.